The summed E-state index contributed by atoms with van der Waals surface area (Å²) in [6.07, 6.45) is 23.1. The van der Waals surface area contributed by atoms with E-state index in [9.17, 15) is 9.36 Å². The minimum Gasteiger partial charge on any atom is -0.378 e. The molecule has 0 heterocycles. The van der Waals surface area contributed by atoms with E-state index < -0.39 is 14.0 Å². The number of carbonyl (C=O) groups is 1. The van der Waals surface area contributed by atoms with Crippen LogP contribution in [0, 0.1) is 0 Å². The molecule has 4 N–H and O–H groups in total. The van der Waals surface area contributed by atoms with Gasteiger partial charge in [-0.1, -0.05) is 63.3 Å². The molecule has 0 aromatic rings. The fraction of sp³-hybridized carbons (Fsp3) is 0.783. The van der Waals surface area contributed by atoms with Crippen LogP contribution in [0.3, 0.4) is 0 Å². The van der Waals surface area contributed by atoms with Crippen molar-refractivity contribution in [1.29, 1.82) is 0 Å². The maximum Gasteiger partial charge on any atom is 0.219 e. The molecule has 0 aromatic heterocycles. The molecule has 0 rings (SSSR count). The van der Waals surface area contributed by atoms with E-state index in [0.717, 1.165) is 25.7 Å². The van der Waals surface area contributed by atoms with Gasteiger partial charge in [-0.05, 0) is 44.9 Å². The highest BCUT2D eigenvalue weighted by molar-refractivity contribution is 7.44. The molecule has 0 aliphatic carbocycles. The molecule has 0 fully saturated rings. The van der Waals surface area contributed by atoms with Gasteiger partial charge in [0.25, 0.3) is 0 Å². The Balaban J connectivity index is 3.36. The zero-order valence-corrected chi connectivity index (χ0v) is 19.5. The van der Waals surface area contributed by atoms with Crippen LogP contribution in [-0.2, 0) is 9.36 Å². The second-order valence-corrected chi connectivity index (χ2v) is 9.73. The summed E-state index contributed by atoms with van der Waals surface area (Å²) in [4.78, 5) is 11.7. The van der Waals surface area contributed by atoms with Gasteiger partial charge >= 0.3 is 0 Å². The lowest BCUT2D eigenvalue weighted by Gasteiger charge is -2.06. The summed E-state index contributed by atoms with van der Waals surface area (Å²) in [6.45, 7) is 2.79. The lowest BCUT2D eigenvalue weighted by Crippen LogP contribution is -2.25. The van der Waals surface area contributed by atoms with Crippen molar-refractivity contribution in [3.8, 4) is 0 Å². The summed E-state index contributed by atoms with van der Waals surface area (Å²) < 4.78 is 11.6. The molecule has 2 unspecified atom stereocenters. The number of aliphatic hydroxyl groups excluding tert-OH is 1. The number of allylic oxidation sites excluding steroid dienone is 4. The molecule has 0 aliphatic rings. The molecule has 29 heavy (non-hydrogen) atoms. The second kappa shape index (κ2) is 21.8. The molecular weight excluding hydrogens is 383 g/mol. The predicted octanol–water partition coefficient (Wildman–Crippen LogP) is 5.14. The largest absolute Gasteiger partial charge is 0.378 e. The number of rotatable bonds is 20. The topological polar surface area (TPSA) is 92.4 Å². The molecule has 0 saturated heterocycles. The molecule has 0 spiro atoms. The van der Waals surface area contributed by atoms with E-state index in [-0.39, 0.29) is 12.1 Å². The molecule has 0 aliphatic heterocycles. The Bertz CT molecular complexity index is 465. The van der Waals surface area contributed by atoms with Gasteiger partial charge in [0.2, 0.25) is 5.91 Å². The molecule has 0 radical (unpaired) electrons. The van der Waals surface area contributed by atoms with Crippen LogP contribution in [0.15, 0.2) is 24.3 Å². The molecule has 1 amide bonds. The Morgan fingerprint density at radius 3 is 2.24 bits per heavy atom. The van der Waals surface area contributed by atoms with E-state index in [1.165, 1.54) is 44.9 Å². The first-order valence-electron chi connectivity index (χ1n) is 11.6. The third kappa shape index (κ3) is 23.2. The highest BCUT2D eigenvalue weighted by Crippen LogP contribution is 2.20. The molecule has 5 nitrogen and oxygen atoms in total. The van der Waals surface area contributed by atoms with Crippen molar-refractivity contribution in [2.75, 3.05) is 18.9 Å². The van der Waals surface area contributed by atoms with Crippen molar-refractivity contribution in [2.24, 2.45) is 5.73 Å². The van der Waals surface area contributed by atoms with Crippen molar-refractivity contribution >= 4 is 13.7 Å². The van der Waals surface area contributed by atoms with Gasteiger partial charge in [0.15, 0.2) is 0 Å². The first kappa shape index (κ1) is 28.1. The van der Waals surface area contributed by atoms with Gasteiger partial charge < -0.3 is 20.7 Å². The summed E-state index contributed by atoms with van der Waals surface area (Å²) in [6, 6.07) is 0. The summed E-state index contributed by atoms with van der Waals surface area (Å²) in [5.74, 6) is 0.0780. The molecule has 2 atom stereocenters. The lowest BCUT2D eigenvalue weighted by atomic mass is 10.1. The molecule has 6 heteroatoms. The van der Waals surface area contributed by atoms with Crippen molar-refractivity contribution in [2.45, 2.75) is 96.6 Å². The van der Waals surface area contributed by atoms with E-state index >= 15 is 0 Å². The third-order valence-corrected chi connectivity index (χ3v) is 6.53. The second-order valence-electron chi connectivity index (χ2n) is 7.74. The molecule has 0 aromatic carbocycles. The van der Waals surface area contributed by atoms with Crippen LogP contribution in [0.25, 0.3) is 0 Å². The minimum absolute atomic E-state index is 0.0780. The number of unbranched alkanes of at least 4 members (excludes halogenated alkanes) is 8. The Labute approximate surface area is 179 Å². The maximum atomic E-state index is 11.7. The smallest absolute Gasteiger partial charge is 0.219 e. The minimum atomic E-state index is -1.81. The first-order chi connectivity index (χ1) is 14.1. The first-order valence-corrected chi connectivity index (χ1v) is 13.4. The normalized spacial score (nSPS) is 13.9. The van der Waals surface area contributed by atoms with E-state index in [4.69, 9.17) is 10.8 Å². The van der Waals surface area contributed by atoms with Crippen LogP contribution >= 0.6 is 7.80 Å². The summed E-state index contributed by atoms with van der Waals surface area (Å²) in [5.41, 5.74) is 5.20. The van der Waals surface area contributed by atoms with Crippen LogP contribution < -0.4 is 11.1 Å². The number of nitrogens with two attached hydrogens (primary N) is 1. The van der Waals surface area contributed by atoms with E-state index in [2.05, 4.69) is 36.5 Å². The van der Waals surface area contributed by atoms with Gasteiger partial charge in [0.05, 0.1) is 7.80 Å². The Kier molecular flexibility index (Phi) is 21.1. The molecular formula is C23H45N2O3P. The Hall–Kier alpha value is -0.900. The highest BCUT2D eigenvalue weighted by atomic mass is 31.1. The van der Waals surface area contributed by atoms with E-state index in [1.54, 1.807) is 0 Å². The van der Waals surface area contributed by atoms with E-state index in [1.807, 2.05) is 0 Å². The number of hydrogen-bond acceptors (Lipinski definition) is 4. The summed E-state index contributed by atoms with van der Waals surface area (Å²) in [7, 11) is -1.81. The van der Waals surface area contributed by atoms with Crippen LogP contribution in [0.1, 0.15) is 90.4 Å². The number of hydrogen-bond donors (Lipinski definition) is 3. The van der Waals surface area contributed by atoms with Crippen LogP contribution in [-0.4, -0.2) is 36.1 Å². The molecule has 0 saturated carbocycles. The molecule has 170 valence electrons. The van der Waals surface area contributed by atoms with Crippen molar-refractivity contribution in [3.63, 3.8) is 0 Å². The van der Waals surface area contributed by atoms with Gasteiger partial charge in [-0.25, -0.2) is 0 Å². The zero-order valence-electron chi connectivity index (χ0n) is 18.5. The predicted molar refractivity (Wildman–Crippen MR) is 126 cm³/mol. The zero-order chi connectivity index (χ0) is 21.6. The fourth-order valence-corrected chi connectivity index (χ4v) is 4.28. The van der Waals surface area contributed by atoms with Gasteiger partial charge in [0.1, 0.15) is 6.23 Å². The van der Waals surface area contributed by atoms with Crippen LogP contribution in [0.5, 0.6) is 0 Å². The van der Waals surface area contributed by atoms with Crippen LogP contribution in [0.2, 0.25) is 0 Å². The maximum absolute atomic E-state index is 11.7. The number of carbonyl (C=O) groups excluding carboxylic acids is 1. The lowest BCUT2D eigenvalue weighted by molar-refractivity contribution is -0.121. The van der Waals surface area contributed by atoms with Gasteiger partial charge in [0, 0.05) is 25.3 Å². The van der Waals surface area contributed by atoms with Crippen molar-refractivity contribution in [1.82, 2.24) is 5.32 Å². The Morgan fingerprint density at radius 1 is 0.966 bits per heavy atom. The Morgan fingerprint density at radius 2 is 1.59 bits per heavy atom. The van der Waals surface area contributed by atoms with Gasteiger partial charge in [-0.3, -0.25) is 4.79 Å². The number of amides is 1. The quantitative estimate of drug-likeness (QED) is 0.108. The summed E-state index contributed by atoms with van der Waals surface area (Å²) >= 11 is 0. The fourth-order valence-electron chi connectivity index (χ4n) is 3.03. The highest BCUT2D eigenvalue weighted by Gasteiger charge is 2.05. The third-order valence-electron chi connectivity index (χ3n) is 4.75. The van der Waals surface area contributed by atoms with Crippen molar-refractivity contribution < 1.29 is 14.5 Å². The van der Waals surface area contributed by atoms with E-state index in [0.29, 0.717) is 25.5 Å². The number of aliphatic hydroxyl groups is 1. The average Bonchev–Trinajstić information content (AvgIpc) is 2.67. The van der Waals surface area contributed by atoms with Gasteiger partial charge in [-0.2, -0.15) is 0 Å². The van der Waals surface area contributed by atoms with Gasteiger partial charge in [-0.15, -0.1) is 0 Å². The van der Waals surface area contributed by atoms with Crippen LogP contribution in [0.4, 0.5) is 0 Å². The SMILES string of the molecule is CCCCCC=CCC=CCCCCCCCC(=O)NCCC[PH](=O)CC(N)O. The van der Waals surface area contributed by atoms with Crippen molar-refractivity contribution in [3.05, 3.63) is 24.3 Å². The standard InChI is InChI=1S/C23H45N2O3P/c1-2-3-4-5-6-7-8-9-10-11-12-13-14-15-16-18-23(27)25-19-17-20-29(28)21-22(24)26/h6-7,9-10,22,26,29H,2-5,8,11-21,24H2,1H3,(H,25,27). The summed E-state index contributed by atoms with van der Waals surface area (Å²) in [5, 5.41) is 11.8. The average molecular weight is 429 g/mol. The number of nitrogens with one attached hydrogen (secondary N) is 1. The monoisotopic (exact) mass is 428 g/mol. The molecule has 0 bridgehead atoms.